The van der Waals surface area contributed by atoms with Crippen LogP contribution in [0.15, 0.2) is 121 Å². The van der Waals surface area contributed by atoms with E-state index in [9.17, 15) is 0 Å². The Labute approximate surface area is 195 Å². The molecule has 0 bridgehead atoms. The molecule has 2 aromatic heterocycles. The molecule has 33 heavy (non-hydrogen) atoms. The van der Waals surface area contributed by atoms with Crippen molar-refractivity contribution in [3.63, 3.8) is 0 Å². The van der Waals surface area contributed by atoms with Gasteiger partial charge in [0.25, 0.3) is 0 Å². The second-order valence-electron chi connectivity index (χ2n) is 8.78. The van der Waals surface area contributed by atoms with Crippen molar-refractivity contribution in [1.29, 1.82) is 0 Å². The van der Waals surface area contributed by atoms with E-state index in [2.05, 4.69) is 110 Å². The fourth-order valence-corrected chi connectivity index (χ4v) is 4.18. The fourth-order valence-electron chi connectivity index (χ4n) is 4.18. The van der Waals surface area contributed by atoms with Crippen LogP contribution >= 0.6 is 0 Å². The van der Waals surface area contributed by atoms with Crippen LogP contribution in [0.3, 0.4) is 0 Å². The van der Waals surface area contributed by atoms with E-state index in [1.165, 1.54) is 16.7 Å². The van der Waals surface area contributed by atoms with Gasteiger partial charge in [-0.3, -0.25) is 9.97 Å². The van der Waals surface area contributed by atoms with Crippen LogP contribution in [0.2, 0.25) is 0 Å². The summed E-state index contributed by atoms with van der Waals surface area (Å²) < 4.78 is 0. The Bertz CT molecular complexity index is 1370. The smallest absolute Gasteiger partial charge is 0.0705 e. The zero-order valence-corrected chi connectivity index (χ0v) is 18.9. The third kappa shape index (κ3) is 4.33. The van der Waals surface area contributed by atoms with E-state index in [1.54, 1.807) is 0 Å². The number of nitrogens with zero attached hydrogens (tertiary/aromatic N) is 2. The van der Waals surface area contributed by atoms with E-state index >= 15 is 0 Å². The van der Waals surface area contributed by atoms with Gasteiger partial charge in [-0.25, -0.2) is 0 Å². The normalized spacial score (nSPS) is 11.3. The molecule has 0 aliphatic heterocycles. The van der Waals surface area contributed by atoms with Gasteiger partial charge in [0.1, 0.15) is 0 Å². The zero-order chi connectivity index (χ0) is 22.7. The maximum absolute atomic E-state index is 5.11. The van der Waals surface area contributed by atoms with Crippen molar-refractivity contribution < 1.29 is 0 Å². The molecule has 0 spiro atoms. The summed E-state index contributed by atoms with van der Waals surface area (Å²) in [5.74, 6) is 0. The monoisotopic (exact) mass is 426 g/mol. The van der Waals surface area contributed by atoms with Gasteiger partial charge in [-0.2, -0.15) is 0 Å². The minimum absolute atomic E-state index is 0.252. The molecular weight excluding hydrogens is 400 g/mol. The second kappa shape index (κ2) is 8.84. The molecule has 5 rings (SSSR count). The number of rotatable bonds is 5. The summed E-state index contributed by atoms with van der Waals surface area (Å²) in [6, 6.07) is 40.0. The molecule has 3 aromatic carbocycles. The maximum atomic E-state index is 5.11. The van der Waals surface area contributed by atoms with Crippen molar-refractivity contribution >= 4 is 0 Å². The minimum atomic E-state index is -0.252. The topological polar surface area (TPSA) is 25.8 Å². The third-order valence-corrected chi connectivity index (χ3v) is 6.20. The highest BCUT2D eigenvalue weighted by molar-refractivity contribution is 5.71. The lowest BCUT2D eigenvalue weighted by atomic mass is 9.80. The van der Waals surface area contributed by atoms with Crippen LogP contribution in [0, 0.1) is 0 Å². The van der Waals surface area contributed by atoms with Gasteiger partial charge in [-0.15, -0.1) is 0 Å². The summed E-state index contributed by atoms with van der Waals surface area (Å²) in [7, 11) is 0. The molecule has 0 unspecified atom stereocenters. The summed E-state index contributed by atoms with van der Waals surface area (Å²) in [5.41, 5.74) is 8.62. The molecule has 0 N–H and O–H groups in total. The lowest BCUT2D eigenvalue weighted by Crippen LogP contribution is -2.20. The highest BCUT2D eigenvalue weighted by Crippen LogP contribution is 2.34. The minimum Gasteiger partial charge on any atom is -0.256 e. The average molecular weight is 427 g/mol. The third-order valence-electron chi connectivity index (χ3n) is 6.20. The highest BCUT2D eigenvalue weighted by atomic mass is 14.7. The number of benzene rings is 3. The van der Waals surface area contributed by atoms with Gasteiger partial charge in [-0.05, 0) is 53.1 Å². The van der Waals surface area contributed by atoms with Crippen molar-refractivity contribution in [3.8, 4) is 33.6 Å². The van der Waals surface area contributed by atoms with Crippen molar-refractivity contribution in [3.05, 3.63) is 133 Å². The van der Waals surface area contributed by atoms with Gasteiger partial charge in [0, 0.05) is 22.7 Å². The van der Waals surface area contributed by atoms with Crippen molar-refractivity contribution in [2.45, 2.75) is 19.3 Å². The summed E-state index contributed by atoms with van der Waals surface area (Å²) in [6.07, 6.45) is 1.84. The molecule has 2 nitrogen and oxygen atoms in total. The van der Waals surface area contributed by atoms with E-state index in [-0.39, 0.29) is 5.41 Å². The summed E-state index contributed by atoms with van der Waals surface area (Å²) in [4.78, 5) is 9.63. The molecule has 0 radical (unpaired) electrons. The molecule has 0 fully saturated rings. The molecule has 0 atom stereocenters. The lowest BCUT2D eigenvalue weighted by molar-refractivity contribution is 0.618. The highest BCUT2D eigenvalue weighted by Gasteiger charge is 2.25. The van der Waals surface area contributed by atoms with E-state index in [0.717, 1.165) is 28.2 Å². The first-order chi connectivity index (χ1) is 16.1. The maximum Gasteiger partial charge on any atom is 0.0705 e. The fraction of sp³-hybridized carbons (Fsp3) is 0.0968. The Morgan fingerprint density at radius 3 is 1.94 bits per heavy atom. The predicted molar refractivity (Wildman–Crippen MR) is 137 cm³/mol. The van der Waals surface area contributed by atoms with Gasteiger partial charge in [-0.1, -0.05) is 92.7 Å². The number of hydrogen-bond acceptors (Lipinski definition) is 2. The van der Waals surface area contributed by atoms with Crippen LogP contribution in [0.25, 0.3) is 33.6 Å². The lowest BCUT2D eigenvalue weighted by Gasteiger charge is -2.26. The molecule has 0 saturated carbocycles. The Balaban J connectivity index is 1.51. The molecule has 160 valence electrons. The van der Waals surface area contributed by atoms with Crippen LogP contribution < -0.4 is 0 Å². The summed E-state index contributed by atoms with van der Waals surface area (Å²) >= 11 is 0. The summed E-state index contributed by atoms with van der Waals surface area (Å²) in [6.45, 7) is 4.47. The first kappa shape index (κ1) is 20.8. The second-order valence-corrected chi connectivity index (χ2v) is 8.78. The quantitative estimate of drug-likeness (QED) is 0.286. The Kier molecular flexibility index (Phi) is 5.58. The Hall–Kier alpha value is -4.04. The van der Waals surface area contributed by atoms with Gasteiger partial charge < -0.3 is 0 Å². The van der Waals surface area contributed by atoms with E-state index in [0.29, 0.717) is 0 Å². The van der Waals surface area contributed by atoms with Crippen LogP contribution in [-0.4, -0.2) is 9.97 Å². The molecule has 5 aromatic rings. The molecular formula is C31H26N2. The van der Waals surface area contributed by atoms with Crippen LogP contribution in [0.1, 0.15) is 25.1 Å². The van der Waals surface area contributed by atoms with Crippen molar-refractivity contribution in [1.82, 2.24) is 9.97 Å². The van der Waals surface area contributed by atoms with Gasteiger partial charge in [0.2, 0.25) is 0 Å². The molecule has 0 aliphatic carbocycles. The Morgan fingerprint density at radius 2 is 1.15 bits per heavy atom. The van der Waals surface area contributed by atoms with Gasteiger partial charge in [0.05, 0.1) is 17.1 Å². The first-order valence-corrected chi connectivity index (χ1v) is 11.3. The molecule has 0 aliphatic rings. The van der Waals surface area contributed by atoms with Crippen molar-refractivity contribution in [2.24, 2.45) is 0 Å². The van der Waals surface area contributed by atoms with E-state index < -0.39 is 0 Å². The average Bonchev–Trinajstić information content (AvgIpc) is 2.90. The molecule has 2 heteroatoms. The van der Waals surface area contributed by atoms with Crippen molar-refractivity contribution in [2.75, 3.05) is 0 Å². The SMILES string of the molecule is CC(C)(c1cccc(-c2ccccn2)c1)c1cccc(-c2cccc(-c3ccccc3)c2)n1. The molecule has 0 saturated heterocycles. The largest absolute Gasteiger partial charge is 0.256 e. The predicted octanol–water partition coefficient (Wildman–Crippen LogP) is 7.80. The van der Waals surface area contributed by atoms with Crippen LogP contribution in [0.4, 0.5) is 0 Å². The molecule has 2 heterocycles. The van der Waals surface area contributed by atoms with E-state index in [4.69, 9.17) is 4.98 Å². The van der Waals surface area contributed by atoms with E-state index in [1.807, 2.05) is 30.5 Å². The van der Waals surface area contributed by atoms with Gasteiger partial charge >= 0.3 is 0 Å². The summed E-state index contributed by atoms with van der Waals surface area (Å²) in [5, 5.41) is 0. The molecule has 0 amide bonds. The number of aromatic nitrogens is 2. The van der Waals surface area contributed by atoms with Crippen LogP contribution in [-0.2, 0) is 5.41 Å². The number of pyridine rings is 2. The van der Waals surface area contributed by atoms with Crippen LogP contribution in [0.5, 0.6) is 0 Å². The van der Waals surface area contributed by atoms with Gasteiger partial charge in [0.15, 0.2) is 0 Å². The zero-order valence-electron chi connectivity index (χ0n) is 18.9. The standard InChI is InChI=1S/C31H26N2/c1-31(2,27-16-9-15-26(22-27)28-17-6-7-20-32-28)30-19-10-18-29(33-30)25-14-8-13-24(21-25)23-11-4-3-5-12-23/h3-22H,1-2H3. The number of hydrogen-bond donors (Lipinski definition) is 0. The first-order valence-electron chi connectivity index (χ1n) is 11.3. The Morgan fingerprint density at radius 1 is 0.515 bits per heavy atom.